The second kappa shape index (κ2) is 3.67. The molecule has 2 fully saturated rings. The Morgan fingerprint density at radius 2 is 2.06 bits per heavy atom. The Kier molecular flexibility index (Phi) is 2.10. The van der Waals surface area contributed by atoms with E-state index in [1.807, 2.05) is 18.5 Å². The Hall–Kier alpha value is -1.64. The van der Waals surface area contributed by atoms with E-state index in [0.717, 1.165) is 23.9 Å². The maximum Gasteiger partial charge on any atom is 0.166 e. The van der Waals surface area contributed by atoms with Crippen LogP contribution in [0.1, 0.15) is 48.5 Å². The first-order valence-corrected chi connectivity index (χ1v) is 6.84. The standard InChI is InChI=1S/C15H16N2O/c18-15(10-2-1-3-10)11-4-7-14-13(8-11)16-9-17(14)12-5-6-12/h4,7-10,12H,1-3,5-6H2. The first-order chi connectivity index (χ1) is 8.83. The van der Waals surface area contributed by atoms with Crippen LogP contribution in [-0.2, 0) is 0 Å². The number of ketones is 1. The van der Waals surface area contributed by atoms with Crippen LogP contribution in [0.15, 0.2) is 24.5 Å². The predicted octanol–water partition coefficient (Wildman–Crippen LogP) is 3.35. The van der Waals surface area contributed by atoms with Crippen molar-refractivity contribution in [2.24, 2.45) is 5.92 Å². The van der Waals surface area contributed by atoms with Crippen LogP contribution < -0.4 is 0 Å². The molecule has 2 aliphatic carbocycles. The molecule has 18 heavy (non-hydrogen) atoms. The number of fused-ring (bicyclic) bond motifs is 1. The van der Waals surface area contributed by atoms with Crippen molar-refractivity contribution in [1.29, 1.82) is 0 Å². The quantitative estimate of drug-likeness (QED) is 0.771. The molecule has 1 aromatic heterocycles. The predicted molar refractivity (Wildman–Crippen MR) is 69.7 cm³/mol. The molecule has 1 aromatic carbocycles. The maximum absolute atomic E-state index is 12.2. The van der Waals surface area contributed by atoms with Gasteiger partial charge in [0.25, 0.3) is 0 Å². The van der Waals surface area contributed by atoms with Gasteiger partial charge >= 0.3 is 0 Å². The minimum atomic E-state index is 0.271. The average molecular weight is 240 g/mol. The highest BCUT2D eigenvalue weighted by atomic mass is 16.1. The number of Topliss-reactive ketones (excluding diaryl/α,β-unsaturated/α-hetero) is 1. The molecule has 3 nitrogen and oxygen atoms in total. The van der Waals surface area contributed by atoms with Crippen molar-refractivity contribution in [3.63, 3.8) is 0 Å². The number of carbonyl (C=O) groups excluding carboxylic acids is 1. The molecule has 3 heteroatoms. The van der Waals surface area contributed by atoms with Gasteiger partial charge in [-0.3, -0.25) is 4.79 Å². The third-order valence-corrected chi connectivity index (χ3v) is 4.28. The second-order valence-corrected chi connectivity index (χ2v) is 5.58. The fourth-order valence-electron chi connectivity index (χ4n) is 2.73. The van der Waals surface area contributed by atoms with Gasteiger partial charge in [0, 0.05) is 17.5 Å². The minimum absolute atomic E-state index is 0.271. The molecule has 92 valence electrons. The molecule has 0 saturated heterocycles. The van der Waals surface area contributed by atoms with Crippen LogP contribution in [0.3, 0.4) is 0 Å². The summed E-state index contributed by atoms with van der Waals surface area (Å²) in [6, 6.07) is 6.65. The fraction of sp³-hybridized carbons (Fsp3) is 0.467. The Morgan fingerprint density at radius 3 is 2.72 bits per heavy atom. The summed E-state index contributed by atoms with van der Waals surface area (Å²) >= 11 is 0. The molecular formula is C15H16N2O. The van der Waals surface area contributed by atoms with E-state index in [1.54, 1.807) is 0 Å². The Labute approximate surface area is 106 Å². The summed E-state index contributed by atoms with van der Waals surface area (Å²) in [7, 11) is 0. The van der Waals surface area contributed by atoms with Crippen LogP contribution >= 0.6 is 0 Å². The van der Waals surface area contributed by atoms with Crippen molar-refractivity contribution in [2.75, 3.05) is 0 Å². The summed E-state index contributed by atoms with van der Waals surface area (Å²) in [6.07, 6.45) is 7.76. The lowest BCUT2D eigenvalue weighted by atomic mass is 9.80. The van der Waals surface area contributed by atoms with Gasteiger partial charge in [0.05, 0.1) is 17.4 Å². The van der Waals surface area contributed by atoms with Crippen LogP contribution in [0.2, 0.25) is 0 Å². The molecule has 0 unspecified atom stereocenters. The first kappa shape index (κ1) is 10.3. The molecule has 2 saturated carbocycles. The number of nitrogens with zero attached hydrogens (tertiary/aromatic N) is 2. The number of hydrogen-bond acceptors (Lipinski definition) is 2. The number of carbonyl (C=O) groups is 1. The van der Waals surface area contributed by atoms with Gasteiger partial charge in [-0.05, 0) is 43.9 Å². The lowest BCUT2D eigenvalue weighted by molar-refractivity contribution is 0.0855. The Morgan fingerprint density at radius 1 is 1.22 bits per heavy atom. The summed E-state index contributed by atoms with van der Waals surface area (Å²) in [5, 5.41) is 0. The fourth-order valence-corrected chi connectivity index (χ4v) is 2.73. The van der Waals surface area contributed by atoms with Crippen LogP contribution in [-0.4, -0.2) is 15.3 Å². The van der Waals surface area contributed by atoms with Crippen LogP contribution in [0.5, 0.6) is 0 Å². The van der Waals surface area contributed by atoms with Crippen molar-refractivity contribution in [3.05, 3.63) is 30.1 Å². The Bertz CT molecular complexity index is 620. The summed E-state index contributed by atoms with van der Waals surface area (Å²) in [6.45, 7) is 0. The van der Waals surface area contributed by atoms with Crippen molar-refractivity contribution < 1.29 is 4.79 Å². The first-order valence-electron chi connectivity index (χ1n) is 6.84. The summed E-state index contributed by atoms with van der Waals surface area (Å²) in [5.74, 6) is 0.581. The zero-order valence-corrected chi connectivity index (χ0v) is 10.3. The van der Waals surface area contributed by atoms with Crippen LogP contribution in [0.4, 0.5) is 0 Å². The van der Waals surface area contributed by atoms with E-state index in [0.29, 0.717) is 11.8 Å². The summed E-state index contributed by atoms with van der Waals surface area (Å²) in [5.41, 5.74) is 2.97. The molecule has 0 aliphatic heterocycles. The van der Waals surface area contributed by atoms with Gasteiger partial charge in [0.1, 0.15) is 0 Å². The highest BCUT2D eigenvalue weighted by Crippen LogP contribution is 2.37. The van der Waals surface area contributed by atoms with Crippen molar-refractivity contribution in [1.82, 2.24) is 9.55 Å². The zero-order valence-electron chi connectivity index (χ0n) is 10.3. The molecule has 1 heterocycles. The van der Waals surface area contributed by atoms with Crippen LogP contribution in [0, 0.1) is 5.92 Å². The Balaban J connectivity index is 1.72. The van der Waals surface area contributed by atoms with Gasteiger partial charge in [-0.1, -0.05) is 6.42 Å². The lowest BCUT2D eigenvalue weighted by Crippen LogP contribution is -2.21. The van der Waals surface area contributed by atoms with Gasteiger partial charge in [0.15, 0.2) is 5.78 Å². The van der Waals surface area contributed by atoms with Crippen molar-refractivity contribution in [2.45, 2.75) is 38.1 Å². The van der Waals surface area contributed by atoms with Gasteiger partial charge in [0.2, 0.25) is 0 Å². The van der Waals surface area contributed by atoms with E-state index in [4.69, 9.17) is 0 Å². The molecule has 2 aromatic rings. The molecule has 0 radical (unpaired) electrons. The molecule has 2 aliphatic rings. The highest BCUT2D eigenvalue weighted by Gasteiger charge is 2.27. The summed E-state index contributed by atoms with van der Waals surface area (Å²) < 4.78 is 2.24. The molecule has 0 N–H and O–H groups in total. The third kappa shape index (κ3) is 1.50. The molecule has 0 spiro atoms. The number of aromatic nitrogens is 2. The van der Waals surface area contributed by atoms with Gasteiger partial charge in [-0.15, -0.1) is 0 Å². The average Bonchev–Trinajstić information content (AvgIpc) is 3.06. The van der Waals surface area contributed by atoms with E-state index in [2.05, 4.69) is 15.6 Å². The highest BCUT2D eigenvalue weighted by molar-refractivity contribution is 6.00. The second-order valence-electron chi connectivity index (χ2n) is 5.58. The monoisotopic (exact) mass is 240 g/mol. The number of benzene rings is 1. The molecule has 4 rings (SSSR count). The largest absolute Gasteiger partial charge is 0.327 e. The van der Waals surface area contributed by atoms with Crippen LogP contribution in [0.25, 0.3) is 11.0 Å². The van der Waals surface area contributed by atoms with Gasteiger partial charge in [-0.2, -0.15) is 0 Å². The molecular weight excluding hydrogens is 224 g/mol. The SMILES string of the molecule is O=C(c1ccc2c(c1)ncn2C1CC1)C1CCC1. The number of imidazole rings is 1. The van der Waals surface area contributed by atoms with Crippen molar-refractivity contribution in [3.8, 4) is 0 Å². The smallest absolute Gasteiger partial charge is 0.166 e. The topological polar surface area (TPSA) is 34.9 Å². The number of rotatable bonds is 3. The van der Waals surface area contributed by atoms with E-state index < -0.39 is 0 Å². The lowest BCUT2D eigenvalue weighted by Gasteiger charge is -2.23. The van der Waals surface area contributed by atoms with Gasteiger partial charge in [-0.25, -0.2) is 4.98 Å². The van der Waals surface area contributed by atoms with Gasteiger partial charge < -0.3 is 4.57 Å². The zero-order chi connectivity index (χ0) is 12.1. The van der Waals surface area contributed by atoms with E-state index >= 15 is 0 Å². The van der Waals surface area contributed by atoms with Crippen molar-refractivity contribution >= 4 is 16.8 Å². The maximum atomic E-state index is 12.2. The normalized spacial score (nSPS) is 20.0. The molecule has 0 atom stereocenters. The van der Waals surface area contributed by atoms with E-state index in [1.165, 1.54) is 24.8 Å². The molecule has 0 bridgehead atoms. The molecule has 0 amide bonds. The summed E-state index contributed by atoms with van der Waals surface area (Å²) in [4.78, 5) is 16.6. The van der Waals surface area contributed by atoms with E-state index in [-0.39, 0.29) is 5.92 Å². The van der Waals surface area contributed by atoms with E-state index in [9.17, 15) is 4.79 Å². The minimum Gasteiger partial charge on any atom is -0.327 e. The number of hydrogen-bond donors (Lipinski definition) is 0. The third-order valence-electron chi connectivity index (χ3n) is 4.28.